The summed E-state index contributed by atoms with van der Waals surface area (Å²) in [5.41, 5.74) is 1.67. The summed E-state index contributed by atoms with van der Waals surface area (Å²) in [6.45, 7) is 1.37. The second-order valence-corrected chi connectivity index (χ2v) is 7.89. The van der Waals surface area contributed by atoms with Crippen LogP contribution in [0, 0.1) is 10.1 Å². The van der Waals surface area contributed by atoms with Crippen molar-refractivity contribution in [3.63, 3.8) is 0 Å². The highest BCUT2D eigenvalue weighted by Gasteiger charge is 2.26. The summed E-state index contributed by atoms with van der Waals surface area (Å²) in [6, 6.07) is 14.4. The number of likely N-dealkylation sites (tertiary alicyclic amines) is 1. The van der Waals surface area contributed by atoms with E-state index in [0.717, 1.165) is 29.9 Å². The maximum Gasteiger partial charge on any atom is 0.270 e. The lowest BCUT2D eigenvalue weighted by molar-refractivity contribution is -0.384. The van der Waals surface area contributed by atoms with Crippen LogP contribution in [0.4, 0.5) is 5.69 Å². The van der Waals surface area contributed by atoms with E-state index in [9.17, 15) is 14.9 Å². The molecule has 0 N–H and O–H groups in total. The summed E-state index contributed by atoms with van der Waals surface area (Å²) >= 11 is 1.70. The Morgan fingerprint density at radius 2 is 2.11 bits per heavy atom. The topological polar surface area (TPSA) is 76.3 Å². The van der Waals surface area contributed by atoms with Crippen molar-refractivity contribution in [3.05, 3.63) is 75.3 Å². The Morgan fingerprint density at radius 1 is 1.25 bits per heavy atom. The van der Waals surface area contributed by atoms with Crippen LogP contribution >= 0.6 is 11.3 Å². The summed E-state index contributed by atoms with van der Waals surface area (Å²) in [5, 5.41) is 12.0. The molecule has 0 aliphatic carbocycles. The van der Waals surface area contributed by atoms with Crippen LogP contribution in [0.1, 0.15) is 29.3 Å². The number of aromatic nitrogens is 1. The normalized spacial score (nSPS) is 17.3. The Hall–Kier alpha value is -3.06. The zero-order valence-electron chi connectivity index (χ0n) is 15.2. The molecule has 7 heteroatoms. The minimum atomic E-state index is -0.438. The van der Waals surface area contributed by atoms with Gasteiger partial charge in [-0.25, -0.2) is 4.98 Å². The van der Waals surface area contributed by atoms with E-state index < -0.39 is 4.92 Å². The Bertz CT molecular complexity index is 1030. The van der Waals surface area contributed by atoms with Crippen molar-refractivity contribution in [1.82, 2.24) is 9.88 Å². The van der Waals surface area contributed by atoms with E-state index in [1.807, 2.05) is 23.1 Å². The van der Waals surface area contributed by atoms with Gasteiger partial charge in [0, 0.05) is 37.2 Å². The molecule has 1 fully saturated rings. The van der Waals surface area contributed by atoms with Crippen LogP contribution in [0.2, 0.25) is 0 Å². The van der Waals surface area contributed by atoms with Crippen LogP contribution in [-0.4, -0.2) is 33.8 Å². The molecule has 1 aliphatic heterocycles. The smallest absolute Gasteiger partial charge is 0.270 e. The number of carbonyl (C=O) groups excluding carboxylic acids is 1. The Balaban J connectivity index is 1.46. The van der Waals surface area contributed by atoms with E-state index >= 15 is 0 Å². The minimum absolute atomic E-state index is 0.0171. The number of hydrogen-bond acceptors (Lipinski definition) is 5. The number of nitrogens with zero attached hydrogens (tertiary/aromatic N) is 3. The SMILES string of the molecule is O=C(/C=C/c1cccc([N+](=O)[O-])c1)N1CCCC(c2nc3ccccc3s2)C1. The quantitative estimate of drug-likeness (QED) is 0.368. The van der Waals surface area contributed by atoms with Gasteiger partial charge in [0.15, 0.2) is 0 Å². The number of rotatable bonds is 4. The molecular formula is C21H19N3O3S. The number of thiazole rings is 1. The number of non-ortho nitro benzene ring substituents is 1. The zero-order chi connectivity index (χ0) is 19.5. The summed E-state index contributed by atoms with van der Waals surface area (Å²) in [5.74, 6) is 0.179. The van der Waals surface area contributed by atoms with Gasteiger partial charge in [-0.05, 0) is 36.6 Å². The third-order valence-electron chi connectivity index (χ3n) is 4.89. The van der Waals surface area contributed by atoms with Gasteiger partial charge in [0.05, 0.1) is 20.1 Å². The van der Waals surface area contributed by atoms with E-state index in [1.165, 1.54) is 22.9 Å². The molecule has 1 aliphatic rings. The fraction of sp³-hybridized carbons (Fsp3) is 0.238. The summed E-state index contributed by atoms with van der Waals surface area (Å²) < 4.78 is 1.17. The van der Waals surface area contributed by atoms with E-state index in [0.29, 0.717) is 12.1 Å². The van der Waals surface area contributed by atoms with Crippen molar-refractivity contribution in [1.29, 1.82) is 0 Å². The molecule has 0 saturated carbocycles. The van der Waals surface area contributed by atoms with Crippen molar-refractivity contribution in [2.75, 3.05) is 13.1 Å². The van der Waals surface area contributed by atoms with Crippen LogP contribution in [0.3, 0.4) is 0 Å². The van der Waals surface area contributed by atoms with Crippen LogP contribution in [0.5, 0.6) is 0 Å². The number of hydrogen-bond donors (Lipinski definition) is 0. The maximum atomic E-state index is 12.6. The van der Waals surface area contributed by atoms with Crippen LogP contribution in [0.25, 0.3) is 16.3 Å². The van der Waals surface area contributed by atoms with Crippen molar-refractivity contribution >= 4 is 39.2 Å². The van der Waals surface area contributed by atoms with Crippen molar-refractivity contribution < 1.29 is 9.72 Å². The highest BCUT2D eigenvalue weighted by molar-refractivity contribution is 7.18. The molecule has 1 atom stereocenters. The lowest BCUT2D eigenvalue weighted by atomic mass is 9.98. The number of carbonyl (C=O) groups is 1. The Morgan fingerprint density at radius 3 is 2.93 bits per heavy atom. The van der Waals surface area contributed by atoms with E-state index in [2.05, 4.69) is 6.07 Å². The van der Waals surface area contributed by atoms with E-state index in [4.69, 9.17) is 4.98 Å². The molecule has 0 bridgehead atoms. The first-order valence-corrected chi connectivity index (χ1v) is 9.99. The first-order valence-electron chi connectivity index (χ1n) is 9.17. The molecule has 142 valence electrons. The summed E-state index contributed by atoms with van der Waals surface area (Å²) in [7, 11) is 0. The standard InChI is InChI=1S/C21H19N3O3S/c25-20(11-10-15-5-3-7-17(13-15)24(26)27)23-12-4-6-16(14-23)21-22-18-8-1-2-9-19(18)28-21/h1-3,5,7-11,13,16H,4,6,12,14H2/b11-10+. The van der Waals surface area contributed by atoms with Gasteiger partial charge >= 0.3 is 0 Å². The van der Waals surface area contributed by atoms with Crippen molar-refractivity contribution in [2.24, 2.45) is 0 Å². The lowest BCUT2D eigenvalue weighted by Crippen LogP contribution is -2.38. The monoisotopic (exact) mass is 393 g/mol. The van der Waals surface area contributed by atoms with Gasteiger partial charge in [-0.1, -0.05) is 24.3 Å². The van der Waals surface area contributed by atoms with E-state index in [1.54, 1.807) is 29.5 Å². The Kier molecular flexibility index (Phi) is 5.16. The molecule has 0 spiro atoms. The van der Waals surface area contributed by atoms with Gasteiger partial charge in [0.2, 0.25) is 5.91 Å². The number of nitro groups is 1. The summed E-state index contributed by atoms with van der Waals surface area (Å²) in [6.07, 6.45) is 5.10. The molecule has 6 nitrogen and oxygen atoms in total. The third-order valence-corrected chi connectivity index (χ3v) is 6.09. The summed E-state index contributed by atoms with van der Waals surface area (Å²) in [4.78, 5) is 29.7. The molecule has 1 unspecified atom stereocenters. The van der Waals surface area contributed by atoms with Gasteiger partial charge in [0.1, 0.15) is 0 Å². The van der Waals surface area contributed by atoms with Crippen LogP contribution in [0.15, 0.2) is 54.6 Å². The van der Waals surface area contributed by atoms with Crippen LogP contribution < -0.4 is 0 Å². The molecule has 3 aromatic rings. The second-order valence-electron chi connectivity index (χ2n) is 6.83. The fourth-order valence-electron chi connectivity index (χ4n) is 3.46. The molecule has 1 amide bonds. The molecule has 28 heavy (non-hydrogen) atoms. The number of fused-ring (bicyclic) bond motifs is 1. The molecule has 2 aromatic carbocycles. The maximum absolute atomic E-state index is 12.6. The number of amides is 1. The second kappa shape index (κ2) is 7.90. The molecule has 0 radical (unpaired) electrons. The molecule has 2 heterocycles. The van der Waals surface area contributed by atoms with Gasteiger partial charge < -0.3 is 4.90 Å². The van der Waals surface area contributed by atoms with Gasteiger partial charge in [-0.15, -0.1) is 11.3 Å². The largest absolute Gasteiger partial charge is 0.338 e. The highest BCUT2D eigenvalue weighted by atomic mass is 32.1. The zero-order valence-corrected chi connectivity index (χ0v) is 16.0. The number of piperidine rings is 1. The first-order chi connectivity index (χ1) is 13.6. The fourth-order valence-corrected chi connectivity index (χ4v) is 4.55. The lowest BCUT2D eigenvalue weighted by Gasteiger charge is -2.31. The van der Waals surface area contributed by atoms with Crippen molar-refractivity contribution in [2.45, 2.75) is 18.8 Å². The minimum Gasteiger partial charge on any atom is -0.338 e. The number of nitro benzene ring substituents is 1. The number of para-hydroxylation sites is 1. The van der Waals surface area contributed by atoms with Crippen molar-refractivity contribution in [3.8, 4) is 0 Å². The predicted molar refractivity (Wildman–Crippen MR) is 110 cm³/mol. The first kappa shape index (κ1) is 18.3. The van der Waals surface area contributed by atoms with Gasteiger partial charge in [-0.3, -0.25) is 14.9 Å². The van der Waals surface area contributed by atoms with Gasteiger partial charge in [-0.2, -0.15) is 0 Å². The molecule has 1 aromatic heterocycles. The predicted octanol–water partition coefficient (Wildman–Crippen LogP) is 4.62. The average molecular weight is 393 g/mol. The van der Waals surface area contributed by atoms with Crippen LogP contribution in [-0.2, 0) is 4.79 Å². The highest BCUT2D eigenvalue weighted by Crippen LogP contribution is 2.33. The average Bonchev–Trinajstić information content (AvgIpc) is 3.16. The Labute approximate surface area is 166 Å². The van der Waals surface area contributed by atoms with E-state index in [-0.39, 0.29) is 17.5 Å². The third kappa shape index (κ3) is 3.94. The molecular weight excluding hydrogens is 374 g/mol. The number of benzene rings is 2. The molecule has 1 saturated heterocycles. The molecule has 4 rings (SSSR count). The van der Waals surface area contributed by atoms with Gasteiger partial charge in [0.25, 0.3) is 5.69 Å².